The summed E-state index contributed by atoms with van der Waals surface area (Å²) in [4.78, 5) is 4.46. The zero-order valence-corrected chi connectivity index (χ0v) is 32.4. The van der Waals surface area contributed by atoms with Gasteiger partial charge in [0.25, 0.3) is 0 Å². The lowest BCUT2D eigenvalue weighted by molar-refractivity contribution is 0.590. The summed E-state index contributed by atoms with van der Waals surface area (Å²) in [5.41, 5.74) is 9.56. The molecule has 7 aromatic rings. The molecule has 7 rings (SSSR count). The maximum Gasteiger partial charge on any atom is 0.0991 e. The molecule has 0 radical (unpaired) electrons. The summed E-state index contributed by atoms with van der Waals surface area (Å²) in [6.45, 7) is 13.3. The molecule has 0 N–H and O–H groups in total. The number of fused-ring (bicyclic) bond motifs is 2. The van der Waals surface area contributed by atoms with Crippen LogP contribution in [-0.2, 0) is 10.8 Å². The fraction of sp³-hybridized carbons (Fsp3) is 0.160. The molecule has 7 aromatic carbocycles. The summed E-state index contributed by atoms with van der Waals surface area (Å²) >= 11 is 0. The second-order valence-electron chi connectivity index (χ2n) is 16.0. The molecule has 0 spiro atoms. The summed E-state index contributed by atoms with van der Waals surface area (Å²) in [5.74, 6) is 0. The smallest absolute Gasteiger partial charge is 0.0991 e. The van der Waals surface area contributed by atoms with Crippen molar-refractivity contribution in [3.8, 4) is 24.3 Å². The standard InChI is InChI=1S/C50H40N6/c1-49(2,3)37-15-25-43-45(27-37)47(55(39-17-7-33(29-51)8-18-39)40-19-9-34(30-52)10-20-40)44-26-16-38(50(4,5)6)28-46(44)48(43)56(41-21-11-35(31-53)12-22-41)42-23-13-36(32-54)14-24-42/h7-28H,1-6H3. The Morgan fingerprint density at radius 1 is 0.339 bits per heavy atom. The van der Waals surface area contributed by atoms with E-state index in [1.165, 1.54) is 0 Å². The monoisotopic (exact) mass is 724 g/mol. The van der Waals surface area contributed by atoms with Crippen LogP contribution in [-0.4, -0.2) is 0 Å². The van der Waals surface area contributed by atoms with Crippen molar-refractivity contribution in [1.29, 1.82) is 21.0 Å². The molecule has 0 bridgehead atoms. The van der Waals surface area contributed by atoms with Crippen LogP contribution in [0.15, 0.2) is 133 Å². The maximum atomic E-state index is 9.74. The number of nitriles is 4. The third kappa shape index (κ3) is 6.90. The molecular weight excluding hydrogens is 685 g/mol. The van der Waals surface area contributed by atoms with Crippen molar-refractivity contribution in [2.75, 3.05) is 9.80 Å². The van der Waals surface area contributed by atoms with E-state index >= 15 is 0 Å². The average Bonchev–Trinajstić information content (AvgIpc) is 3.21. The fourth-order valence-corrected chi connectivity index (χ4v) is 7.15. The number of rotatable bonds is 6. The van der Waals surface area contributed by atoms with Gasteiger partial charge in [0.15, 0.2) is 0 Å². The van der Waals surface area contributed by atoms with Crippen molar-refractivity contribution in [2.24, 2.45) is 0 Å². The summed E-state index contributed by atoms with van der Waals surface area (Å²) in [6, 6.07) is 52.9. The molecular formula is C50H40N6. The van der Waals surface area contributed by atoms with Crippen LogP contribution < -0.4 is 9.80 Å². The lowest BCUT2D eigenvalue weighted by Gasteiger charge is -2.34. The first-order valence-electron chi connectivity index (χ1n) is 18.5. The van der Waals surface area contributed by atoms with Crippen molar-refractivity contribution in [1.82, 2.24) is 0 Å². The molecule has 0 aliphatic carbocycles. The highest BCUT2D eigenvalue weighted by atomic mass is 15.2. The van der Waals surface area contributed by atoms with E-state index in [9.17, 15) is 21.0 Å². The fourth-order valence-electron chi connectivity index (χ4n) is 7.15. The van der Waals surface area contributed by atoms with Gasteiger partial charge in [-0.3, -0.25) is 0 Å². The molecule has 0 fully saturated rings. The summed E-state index contributed by atoms with van der Waals surface area (Å²) in [6.07, 6.45) is 0. The second-order valence-corrected chi connectivity index (χ2v) is 16.0. The number of benzene rings is 7. The highest BCUT2D eigenvalue weighted by Crippen LogP contribution is 2.52. The summed E-state index contributed by atoms with van der Waals surface area (Å²) < 4.78 is 0. The first-order valence-corrected chi connectivity index (χ1v) is 18.5. The van der Waals surface area contributed by atoms with Gasteiger partial charge in [-0.05, 0) is 131 Å². The largest absolute Gasteiger partial charge is 0.309 e. The predicted molar refractivity (Wildman–Crippen MR) is 227 cm³/mol. The molecule has 0 unspecified atom stereocenters. The maximum absolute atomic E-state index is 9.74. The topological polar surface area (TPSA) is 102 Å². The van der Waals surface area contributed by atoms with E-state index in [0.29, 0.717) is 22.3 Å². The Hall–Kier alpha value is -7.38. The van der Waals surface area contributed by atoms with Crippen molar-refractivity contribution in [3.05, 3.63) is 167 Å². The summed E-state index contributed by atoms with van der Waals surface area (Å²) in [7, 11) is 0. The minimum Gasteiger partial charge on any atom is -0.309 e. The first kappa shape index (κ1) is 37.0. The van der Waals surface area contributed by atoms with Gasteiger partial charge in [0.1, 0.15) is 0 Å². The first-order chi connectivity index (χ1) is 26.8. The van der Waals surface area contributed by atoms with E-state index in [2.05, 4.69) is 112 Å². The van der Waals surface area contributed by atoms with Crippen LogP contribution >= 0.6 is 0 Å². The third-order valence-electron chi connectivity index (χ3n) is 10.3. The lowest BCUT2D eigenvalue weighted by atomic mass is 9.82. The highest BCUT2D eigenvalue weighted by molar-refractivity contribution is 6.23. The molecule has 56 heavy (non-hydrogen) atoms. The van der Waals surface area contributed by atoms with Crippen LogP contribution in [0.2, 0.25) is 0 Å². The van der Waals surface area contributed by atoms with Crippen LogP contribution in [0.1, 0.15) is 74.9 Å². The zero-order valence-electron chi connectivity index (χ0n) is 32.4. The SMILES string of the molecule is CC(C)(C)c1ccc2c(N(c3ccc(C#N)cc3)c3ccc(C#N)cc3)c3cc(C(C)(C)C)ccc3c(N(c3ccc(C#N)cc3)c3ccc(C#N)cc3)c2c1. The van der Waals surface area contributed by atoms with Gasteiger partial charge in [-0.2, -0.15) is 21.0 Å². The second kappa shape index (κ2) is 14.5. The van der Waals surface area contributed by atoms with E-state index in [4.69, 9.17) is 0 Å². The molecule has 6 nitrogen and oxygen atoms in total. The van der Waals surface area contributed by atoms with Gasteiger partial charge < -0.3 is 9.80 Å². The van der Waals surface area contributed by atoms with Crippen molar-refractivity contribution in [3.63, 3.8) is 0 Å². The molecule has 0 amide bonds. The number of hydrogen-bond donors (Lipinski definition) is 0. The van der Waals surface area contributed by atoms with Gasteiger partial charge in [0, 0.05) is 44.3 Å². The molecule has 0 saturated heterocycles. The molecule has 270 valence electrons. The van der Waals surface area contributed by atoms with Crippen LogP contribution in [0, 0.1) is 45.3 Å². The number of nitrogens with zero attached hydrogens (tertiary/aromatic N) is 6. The minimum absolute atomic E-state index is 0.176. The quantitative estimate of drug-likeness (QED) is 0.125. The highest BCUT2D eigenvalue weighted by Gasteiger charge is 2.28. The van der Waals surface area contributed by atoms with Gasteiger partial charge in [0.2, 0.25) is 0 Å². The predicted octanol–water partition coefficient (Wildman–Crippen LogP) is 13.0. The number of anilines is 6. The van der Waals surface area contributed by atoms with Gasteiger partial charge in [-0.25, -0.2) is 0 Å². The van der Waals surface area contributed by atoms with Gasteiger partial charge in [-0.1, -0.05) is 65.8 Å². The normalized spacial score (nSPS) is 11.3. The molecule has 0 heterocycles. The van der Waals surface area contributed by atoms with Crippen LogP contribution in [0.4, 0.5) is 34.1 Å². The Kier molecular flexibility index (Phi) is 9.54. The van der Waals surface area contributed by atoms with Crippen LogP contribution in [0.3, 0.4) is 0 Å². The molecule has 0 aromatic heterocycles. The van der Waals surface area contributed by atoms with E-state index in [-0.39, 0.29) is 10.8 Å². The van der Waals surface area contributed by atoms with E-state index in [1.54, 1.807) is 0 Å². The van der Waals surface area contributed by atoms with E-state index in [0.717, 1.165) is 66.8 Å². The van der Waals surface area contributed by atoms with Crippen LogP contribution in [0.5, 0.6) is 0 Å². The molecule has 0 saturated carbocycles. The van der Waals surface area contributed by atoms with Crippen molar-refractivity contribution < 1.29 is 0 Å². The Labute approximate surface area is 328 Å². The average molecular weight is 725 g/mol. The van der Waals surface area contributed by atoms with Gasteiger partial charge >= 0.3 is 0 Å². The Morgan fingerprint density at radius 2 is 0.589 bits per heavy atom. The zero-order chi connectivity index (χ0) is 39.8. The Morgan fingerprint density at radius 3 is 0.804 bits per heavy atom. The number of hydrogen-bond acceptors (Lipinski definition) is 6. The lowest BCUT2D eigenvalue weighted by Crippen LogP contribution is -2.17. The van der Waals surface area contributed by atoms with Gasteiger partial charge in [0.05, 0.1) is 57.9 Å². The molecule has 0 aliphatic heterocycles. The van der Waals surface area contributed by atoms with E-state index < -0.39 is 0 Å². The van der Waals surface area contributed by atoms with Crippen LogP contribution in [0.25, 0.3) is 21.5 Å². The minimum atomic E-state index is -0.176. The molecule has 0 aliphatic rings. The van der Waals surface area contributed by atoms with E-state index in [1.807, 2.05) is 97.1 Å². The third-order valence-corrected chi connectivity index (χ3v) is 10.3. The van der Waals surface area contributed by atoms with Crippen molar-refractivity contribution in [2.45, 2.75) is 52.4 Å². The Balaban J connectivity index is 1.70. The molecule has 0 atom stereocenters. The molecule has 6 heteroatoms. The summed E-state index contributed by atoms with van der Waals surface area (Å²) in [5, 5.41) is 42.9. The van der Waals surface area contributed by atoms with Crippen molar-refractivity contribution >= 4 is 55.7 Å². The Bertz CT molecular complexity index is 2460. The van der Waals surface area contributed by atoms with Gasteiger partial charge in [-0.15, -0.1) is 0 Å².